The number of ether oxygens (including phenoxy) is 3. The molecule has 2 heterocycles. The van der Waals surface area contributed by atoms with Crippen LogP contribution >= 0.6 is 0 Å². The SMILES string of the molecule is CO[C@]12C=C[C@H](C=CC1=O)N(C(=O)OC(C)C)N2C(=O)OC(C)C. The van der Waals surface area contributed by atoms with E-state index in [1.165, 1.54) is 25.3 Å². The van der Waals surface area contributed by atoms with Crippen LogP contribution < -0.4 is 0 Å². The molecular weight excluding hydrogens is 316 g/mol. The fraction of sp³-hybridized carbons (Fsp3) is 0.562. The zero-order valence-corrected chi connectivity index (χ0v) is 14.4. The maximum Gasteiger partial charge on any atom is 0.432 e. The molecule has 0 aromatic rings. The van der Waals surface area contributed by atoms with Crippen molar-refractivity contribution in [1.82, 2.24) is 10.0 Å². The third kappa shape index (κ3) is 3.01. The molecule has 132 valence electrons. The fourth-order valence-corrected chi connectivity index (χ4v) is 2.50. The third-order valence-corrected chi connectivity index (χ3v) is 3.47. The van der Waals surface area contributed by atoms with Crippen molar-refractivity contribution in [3.8, 4) is 0 Å². The minimum absolute atomic E-state index is 0.399. The summed E-state index contributed by atoms with van der Waals surface area (Å²) in [6, 6.07) is -0.661. The number of carbonyl (C=O) groups is 3. The Balaban J connectivity index is 2.52. The molecule has 0 N–H and O–H groups in total. The highest BCUT2D eigenvalue weighted by molar-refractivity contribution is 6.02. The number of hydrazine groups is 1. The van der Waals surface area contributed by atoms with Gasteiger partial charge in [0, 0.05) is 7.11 Å². The van der Waals surface area contributed by atoms with Gasteiger partial charge in [0.15, 0.2) is 0 Å². The summed E-state index contributed by atoms with van der Waals surface area (Å²) in [5.74, 6) is -0.496. The number of amides is 2. The first-order chi connectivity index (χ1) is 11.2. The predicted octanol–water partition coefficient (Wildman–Crippen LogP) is 2.02. The lowest BCUT2D eigenvalue weighted by molar-refractivity contribution is -0.185. The average Bonchev–Trinajstić information content (AvgIpc) is 2.72. The standard InChI is InChI=1S/C16H22N2O6/c1-10(2)23-14(20)17-12-6-7-13(19)16(22-5,9-8-12)18(17)15(21)24-11(3)4/h6-12H,1-5H3/t12-,16+/m0/s1. The Labute approximate surface area is 140 Å². The van der Waals surface area contributed by atoms with Crippen LogP contribution in [0.5, 0.6) is 0 Å². The summed E-state index contributed by atoms with van der Waals surface area (Å²) in [7, 11) is 1.28. The molecule has 0 spiro atoms. The maximum absolute atomic E-state index is 12.6. The Bertz CT molecular complexity index is 597. The van der Waals surface area contributed by atoms with Crippen LogP contribution in [0.15, 0.2) is 24.3 Å². The van der Waals surface area contributed by atoms with E-state index >= 15 is 0 Å². The van der Waals surface area contributed by atoms with Gasteiger partial charge in [-0.05, 0) is 39.8 Å². The monoisotopic (exact) mass is 338 g/mol. The van der Waals surface area contributed by atoms with Gasteiger partial charge in [0.2, 0.25) is 11.5 Å². The fourth-order valence-electron chi connectivity index (χ4n) is 2.50. The molecule has 8 nitrogen and oxygen atoms in total. The van der Waals surface area contributed by atoms with Crippen molar-refractivity contribution in [1.29, 1.82) is 0 Å². The van der Waals surface area contributed by atoms with Gasteiger partial charge in [0.1, 0.15) is 0 Å². The highest BCUT2D eigenvalue weighted by Crippen LogP contribution is 2.34. The van der Waals surface area contributed by atoms with E-state index in [0.717, 1.165) is 10.0 Å². The van der Waals surface area contributed by atoms with Gasteiger partial charge in [-0.1, -0.05) is 12.2 Å². The first-order valence-electron chi connectivity index (χ1n) is 7.70. The quantitative estimate of drug-likeness (QED) is 0.732. The molecule has 3 rings (SSSR count). The molecule has 2 aliphatic heterocycles. The molecule has 0 aromatic carbocycles. The molecule has 0 saturated heterocycles. The number of hydrogen-bond donors (Lipinski definition) is 0. The van der Waals surface area contributed by atoms with E-state index in [4.69, 9.17) is 14.2 Å². The Hall–Kier alpha value is -2.35. The second-order valence-corrected chi connectivity index (χ2v) is 6.00. The van der Waals surface area contributed by atoms with Gasteiger partial charge in [0.25, 0.3) is 0 Å². The van der Waals surface area contributed by atoms with E-state index < -0.39 is 41.9 Å². The largest absolute Gasteiger partial charge is 0.445 e. The van der Waals surface area contributed by atoms with Gasteiger partial charge in [-0.3, -0.25) is 4.79 Å². The summed E-state index contributed by atoms with van der Waals surface area (Å²) in [5.41, 5.74) is -1.79. The minimum atomic E-state index is -1.79. The van der Waals surface area contributed by atoms with Crippen molar-refractivity contribution >= 4 is 18.0 Å². The van der Waals surface area contributed by atoms with Gasteiger partial charge < -0.3 is 14.2 Å². The van der Waals surface area contributed by atoms with Crippen molar-refractivity contribution in [2.24, 2.45) is 0 Å². The molecule has 8 heteroatoms. The normalized spacial score (nSPS) is 25.5. The molecule has 24 heavy (non-hydrogen) atoms. The second kappa shape index (κ2) is 6.64. The van der Waals surface area contributed by atoms with E-state index in [-0.39, 0.29) is 0 Å². The van der Waals surface area contributed by atoms with Crippen molar-refractivity contribution in [3.63, 3.8) is 0 Å². The smallest absolute Gasteiger partial charge is 0.432 e. The Morgan fingerprint density at radius 2 is 1.67 bits per heavy atom. The lowest BCUT2D eigenvalue weighted by Gasteiger charge is -2.46. The van der Waals surface area contributed by atoms with Crippen LogP contribution in [0.1, 0.15) is 27.7 Å². The van der Waals surface area contributed by atoms with Gasteiger partial charge in [0.05, 0.1) is 18.2 Å². The molecule has 0 aromatic heterocycles. The molecule has 0 unspecified atom stereocenters. The average molecular weight is 338 g/mol. The van der Waals surface area contributed by atoms with Crippen molar-refractivity contribution < 1.29 is 28.6 Å². The minimum Gasteiger partial charge on any atom is -0.445 e. The van der Waals surface area contributed by atoms with Crippen LogP contribution in [0.25, 0.3) is 0 Å². The van der Waals surface area contributed by atoms with E-state index in [0.29, 0.717) is 0 Å². The lowest BCUT2D eigenvalue weighted by Crippen LogP contribution is -2.67. The van der Waals surface area contributed by atoms with E-state index in [1.807, 2.05) is 0 Å². The predicted molar refractivity (Wildman–Crippen MR) is 83.7 cm³/mol. The Morgan fingerprint density at radius 1 is 1.08 bits per heavy atom. The molecule has 2 atom stereocenters. The topological polar surface area (TPSA) is 85.4 Å². The number of rotatable bonds is 3. The summed E-state index contributed by atoms with van der Waals surface area (Å²) in [6.07, 6.45) is 3.34. The van der Waals surface area contributed by atoms with Gasteiger partial charge in [-0.2, -0.15) is 10.0 Å². The molecule has 3 aliphatic rings. The number of nitrogens with zero attached hydrogens (tertiary/aromatic N) is 2. The second-order valence-electron chi connectivity index (χ2n) is 6.00. The first-order valence-corrected chi connectivity index (χ1v) is 7.70. The van der Waals surface area contributed by atoms with Crippen LogP contribution in [-0.2, 0) is 19.0 Å². The molecule has 0 radical (unpaired) electrons. The van der Waals surface area contributed by atoms with Crippen molar-refractivity contribution in [2.45, 2.75) is 51.7 Å². The molecule has 1 aliphatic carbocycles. The summed E-state index contributed by atoms with van der Waals surface area (Å²) in [4.78, 5) is 37.7. The number of ketones is 1. The van der Waals surface area contributed by atoms with E-state index in [9.17, 15) is 14.4 Å². The molecule has 0 fully saturated rings. The van der Waals surface area contributed by atoms with Crippen molar-refractivity contribution in [3.05, 3.63) is 24.3 Å². The van der Waals surface area contributed by atoms with Gasteiger partial charge >= 0.3 is 12.2 Å². The van der Waals surface area contributed by atoms with Crippen LogP contribution in [0, 0.1) is 0 Å². The number of methoxy groups -OCH3 is 1. The Kier molecular flexibility index (Phi) is 4.98. The molecule has 2 bridgehead atoms. The molecular formula is C16H22N2O6. The van der Waals surface area contributed by atoms with Crippen molar-refractivity contribution in [2.75, 3.05) is 7.11 Å². The maximum atomic E-state index is 12.6. The van der Waals surface area contributed by atoms with Crippen LogP contribution in [0.3, 0.4) is 0 Å². The zero-order valence-electron chi connectivity index (χ0n) is 14.4. The summed E-state index contributed by atoms with van der Waals surface area (Å²) < 4.78 is 15.8. The van der Waals surface area contributed by atoms with E-state index in [2.05, 4.69) is 0 Å². The zero-order chi connectivity index (χ0) is 18.1. The van der Waals surface area contributed by atoms with Crippen LogP contribution in [0.2, 0.25) is 0 Å². The summed E-state index contributed by atoms with van der Waals surface area (Å²) in [6.45, 7) is 6.71. The summed E-state index contributed by atoms with van der Waals surface area (Å²) in [5, 5.41) is 1.92. The van der Waals surface area contributed by atoms with Crippen LogP contribution in [0.4, 0.5) is 9.59 Å². The molecule has 0 saturated carbocycles. The number of hydrogen-bond acceptors (Lipinski definition) is 6. The number of fused-ring (bicyclic) bond motifs is 2. The highest BCUT2D eigenvalue weighted by atomic mass is 16.6. The van der Waals surface area contributed by atoms with Gasteiger partial charge in [-0.15, -0.1) is 0 Å². The molecule has 2 amide bonds. The highest BCUT2D eigenvalue weighted by Gasteiger charge is 2.55. The van der Waals surface area contributed by atoms with E-state index in [1.54, 1.807) is 33.8 Å². The lowest BCUT2D eigenvalue weighted by atomic mass is 10.1. The first kappa shape index (κ1) is 18.0. The summed E-state index contributed by atoms with van der Waals surface area (Å²) >= 11 is 0. The van der Waals surface area contributed by atoms with Gasteiger partial charge in [-0.25, -0.2) is 9.59 Å². The van der Waals surface area contributed by atoms with Crippen LogP contribution in [-0.4, -0.2) is 59.1 Å². The third-order valence-electron chi connectivity index (χ3n) is 3.47. The number of carbonyl (C=O) groups excluding carboxylic acids is 3. The Morgan fingerprint density at radius 3 is 2.21 bits per heavy atom.